The summed E-state index contributed by atoms with van der Waals surface area (Å²) in [5.41, 5.74) is 2.06. The van der Waals surface area contributed by atoms with Crippen LogP contribution in [0.1, 0.15) is 5.69 Å². The number of thiophene rings is 1. The Morgan fingerprint density at radius 2 is 2.18 bits per heavy atom. The first-order chi connectivity index (χ1) is 8.34. The zero-order valence-corrected chi connectivity index (χ0v) is 9.85. The van der Waals surface area contributed by atoms with E-state index in [0.717, 1.165) is 15.9 Å². The highest BCUT2D eigenvalue weighted by atomic mass is 32.1. The van der Waals surface area contributed by atoms with Crippen molar-refractivity contribution < 1.29 is 0 Å². The SMILES string of the molecule is O=c1ccn(Cc2ccccn2)c2ccsc12. The molecule has 0 unspecified atom stereocenters. The molecule has 0 aliphatic heterocycles. The van der Waals surface area contributed by atoms with E-state index in [2.05, 4.69) is 9.55 Å². The fraction of sp³-hybridized carbons (Fsp3) is 0.0769. The molecule has 84 valence electrons. The predicted molar refractivity (Wildman–Crippen MR) is 69.4 cm³/mol. The van der Waals surface area contributed by atoms with Crippen molar-refractivity contribution in [2.45, 2.75) is 6.54 Å². The van der Waals surface area contributed by atoms with Crippen LogP contribution in [0.2, 0.25) is 0 Å². The molecular formula is C13H10N2OS. The summed E-state index contributed by atoms with van der Waals surface area (Å²) in [5.74, 6) is 0. The minimum atomic E-state index is 0.0901. The number of nitrogens with zero attached hydrogens (tertiary/aromatic N) is 2. The molecule has 0 saturated carbocycles. The quantitative estimate of drug-likeness (QED) is 0.692. The summed E-state index contributed by atoms with van der Waals surface area (Å²) in [4.78, 5) is 15.9. The van der Waals surface area contributed by atoms with Gasteiger partial charge in [0.25, 0.3) is 0 Å². The Labute approximate surface area is 102 Å². The van der Waals surface area contributed by atoms with E-state index in [4.69, 9.17) is 0 Å². The molecule has 17 heavy (non-hydrogen) atoms. The lowest BCUT2D eigenvalue weighted by Crippen LogP contribution is -2.07. The van der Waals surface area contributed by atoms with E-state index in [1.165, 1.54) is 11.3 Å². The number of pyridine rings is 2. The molecule has 3 aromatic heterocycles. The maximum absolute atomic E-state index is 11.6. The van der Waals surface area contributed by atoms with Crippen LogP contribution in [0.15, 0.2) is 52.9 Å². The number of hydrogen-bond acceptors (Lipinski definition) is 3. The Morgan fingerprint density at radius 3 is 3.00 bits per heavy atom. The number of aromatic nitrogens is 2. The molecule has 0 saturated heterocycles. The van der Waals surface area contributed by atoms with Crippen LogP contribution in [-0.4, -0.2) is 9.55 Å². The van der Waals surface area contributed by atoms with Gasteiger partial charge in [0.05, 0.1) is 22.5 Å². The number of fused-ring (bicyclic) bond motifs is 1. The maximum Gasteiger partial charge on any atom is 0.199 e. The molecule has 0 aliphatic rings. The third-order valence-corrected chi connectivity index (χ3v) is 3.56. The monoisotopic (exact) mass is 242 g/mol. The van der Waals surface area contributed by atoms with Gasteiger partial charge in [0.1, 0.15) is 0 Å². The maximum atomic E-state index is 11.6. The summed E-state index contributed by atoms with van der Waals surface area (Å²) in [5, 5.41) is 1.95. The molecule has 3 aromatic rings. The summed E-state index contributed by atoms with van der Waals surface area (Å²) in [6, 6.07) is 9.44. The second kappa shape index (κ2) is 4.14. The second-order valence-electron chi connectivity index (χ2n) is 3.76. The van der Waals surface area contributed by atoms with Gasteiger partial charge in [-0.2, -0.15) is 0 Å². The van der Waals surface area contributed by atoms with Crippen molar-refractivity contribution in [3.63, 3.8) is 0 Å². The van der Waals surface area contributed by atoms with Crippen molar-refractivity contribution in [1.29, 1.82) is 0 Å². The van der Waals surface area contributed by atoms with Crippen LogP contribution >= 0.6 is 11.3 Å². The van der Waals surface area contributed by atoms with E-state index < -0.39 is 0 Å². The first kappa shape index (κ1) is 10.2. The number of rotatable bonds is 2. The lowest BCUT2D eigenvalue weighted by atomic mass is 10.3. The second-order valence-corrected chi connectivity index (χ2v) is 4.68. The highest BCUT2D eigenvalue weighted by Crippen LogP contribution is 2.17. The normalized spacial score (nSPS) is 10.8. The standard InChI is InChI=1S/C13H10N2OS/c16-12-4-7-15(11-5-8-17-13(11)12)9-10-3-1-2-6-14-10/h1-8H,9H2. The fourth-order valence-electron chi connectivity index (χ4n) is 1.83. The van der Waals surface area contributed by atoms with Crippen LogP contribution in [0, 0.1) is 0 Å². The molecule has 4 heteroatoms. The van der Waals surface area contributed by atoms with E-state index in [9.17, 15) is 4.79 Å². The van der Waals surface area contributed by atoms with E-state index in [0.29, 0.717) is 6.54 Å². The summed E-state index contributed by atoms with van der Waals surface area (Å²) < 4.78 is 2.86. The topological polar surface area (TPSA) is 34.9 Å². The van der Waals surface area contributed by atoms with E-state index >= 15 is 0 Å². The van der Waals surface area contributed by atoms with Crippen molar-refractivity contribution in [3.05, 3.63) is 64.0 Å². The Hall–Kier alpha value is -1.94. The third-order valence-electron chi connectivity index (χ3n) is 2.64. The van der Waals surface area contributed by atoms with Gasteiger partial charge < -0.3 is 4.57 Å². The Morgan fingerprint density at radius 1 is 1.24 bits per heavy atom. The van der Waals surface area contributed by atoms with E-state index in [1.54, 1.807) is 12.3 Å². The molecule has 0 atom stereocenters. The van der Waals surface area contributed by atoms with Crippen LogP contribution in [0.5, 0.6) is 0 Å². The third kappa shape index (κ3) is 1.87. The minimum absolute atomic E-state index is 0.0901. The summed E-state index contributed by atoms with van der Waals surface area (Å²) >= 11 is 1.48. The average molecular weight is 242 g/mol. The van der Waals surface area contributed by atoms with E-state index in [-0.39, 0.29) is 5.43 Å². The Bertz CT molecular complexity index is 700. The Balaban J connectivity index is 2.10. The average Bonchev–Trinajstić information content (AvgIpc) is 2.84. The van der Waals surface area contributed by atoms with Crippen LogP contribution in [0.25, 0.3) is 10.2 Å². The van der Waals surface area contributed by atoms with Crippen molar-refractivity contribution >= 4 is 21.6 Å². The smallest absolute Gasteiger partial charge is 0.199 e. The van der Waals surface area contributed by atoms with Crippen molar-refractivity contribution in [3.8, 4) is 0 Å². The summed E-state index contributed by atoms with van der Waals surface area (Å²) in [7, 11) is 0. The zero-order chi connectivity index (χ0) is 11.7. The molecule has 0 fully saturated rings. The largest absolute Gasteiger partial charge is 0.341 e. The summed E-state index contributed by atoms with van der Waals surface area (Å²) in [6.07, 6.45) is 3.61. The van der Waals surface area contributed by atoms with Gasteiger partial charge in [-0.05, 0) is 23.6 Å². The lowest BCUT2D eigenvalue weighted by molar-refractivity contribution is 0.799. The van der Waals surface area contributed by atoms with Gasteiger partial charge in [-0.15, -0.1) is 11.3 Å². The molecule has 0 spiro atoms. The highest BCUT2D eigenvalue weighted by Gasteiger charge is 2.04. The molecule has 0 N–H and O–H groups in total. The van der Waals surface area contributed by atoms with Gasteiger partial charge in [-0.1, -0.05) is 6.07 Å². The molecule has 0 radical (unpaired) electrons. The Kier molecular flexibility index (Phi) is 2.49. The molecular weight excluding hydrogens is 232 g/mol. The van der Waals surface area contributed by atoms with Crippen molar-refractivity contribution in [2.75, 3.05) is 0 Å². The van der Waals surface area contributed by atoms with Gasteiger partial charge in [-0.25, -0.2) is 0 Å². The van der Waals surface area contributed by atoms with Crippen LogP contribution in [0.3, 0.4) is 0 Å². The fourth-order valence-corrected chi connectivity index (χ4v) is 2.65. The molecule has 3 rings (SSSR count). The van der Waals surface area contributed by atoms with Crippen molar-refractivity contribution in [1.82, 2.24) is 9.55 Å². The van der Waals surface area contributed by atoms with Gasteiger partial charge in [0.15, 0.2) is 5.43 Å². The first-order valence-corrected chi connectivity index (χ1v) is 6.19. The summed E-state index contributed by atoms with van der Waals surface area (Å²) in [6.45, 7) is 0.689. The molecule has 0 aromatic carbocycles. The molecule has 0 bridgehead atoms. The molecule has 0 amide bonds. The van der Waals surface area contributed by atoms with Crippen LogP contribution in [-0.2, 0) is 6.54 Å². The van der Waals surface area contributed by atoms with Crippen LogP contribution < -0.4 is 5.43 Å². The van der Waals surface area contributed by atoms with Gasteiger partial charge in [0, 0.05) is 18.5 Å². The molecule has 3 nitrogen and oxygen atoms in total. The van der Waals surface area contributed by atoms with Crippen molar-refractivity contribution in [2.24, 2.45) is 0 Å². The number of hydrogen-bond donors (Lipinski definition) is 0. The molecule has 3 heterocycles. The van der Waals surface area contributed by atoms with Crippen LogP contribution in [0.4, 0.5) is 0 Å². The minimum Gasteiger partial charge on any atom is -0.341 e. The highest BCUT2D eigenvalue weighted by molar-refractivity contribution is 7.17. The lowest BCUT2D eigenvalue weighted by Gasteiger charge is -2.07. The zero-order valence-electron chi connectivity index (χ0n) is 9.04. The predicted octanol–water partition coefficient (Wildman–Crippen LogP) is 2.51. The molecule has 0 aliphatic carbocycles. The first-order valence-electron chi connectivity index (χ1n) is 5.31. The van der Waals surface area contributed by atoms with Gasteiger partial charge in [0.2, 0.25) is 0 Å². The van der Waals surface area contributed by atoms with E-state index in [1.807, 2.05) is 35.8 Å². The van der Waals surface area contributed by atoms with Gasteiger partial charge >= 0.3 is 0 Å². The van der Waals surface area contributed by atoms with Gasteiger partial charge in [-0.3, -0.25) is 9.78 Å².